The van der Waals surface area contributed by atoms with Gasteiger partial charge in [0.25, 0.3) is 0 Å². The van der Waals surface area contributed by atoms with Crippen LogP contribution in [0.25, 0.3) is 0 Å². The normalized spacial score (nSPS) is 11.3. The van der Waals surface area contributed by atoms with Gasteiger partial charge in [-0.1, -0.05) is 40.5 Å². The van der Waals surface area contributed by atoms with E-state index in [-0.39, 0.29) is 11.8 Å². The maximum absolute atomic E-state index is 11.6. The molecule has 0 aromatic carbocycles. The number of unbranched alkanes of at least 4 members (excludes halogenated alkanes) is 1. The predicted octanol–water partition coefficient (Wildman–Crippen LogP) is 3.03. The summed E-state index contributed by atoms with van der Waals surface area (Å²) in [5, 5.41) is 10.6. The van der Waals surface area contributed by atoms with Crippen molar-refractivity contribution in [1.29, 1.82) is 0 Å². The minimum absolute atomic E-state index is 0.0491. The summed E-state index contributed by atoms with van der Waals surface area (Å²) < 4.78 is 5.42. The summed E-state index contributed by atoms with van der Waals surface area (Å²) in [6.45, 7) is 8.70. The van der Waals surface area contributed by atoms with Gasteiger partial charge in [0.2, 0.25) is 17.7 Å². The maximum Gasteiger partial charge on any atom is 0.235 e. The van der Waals surface area contributed by atoms with Crippen molar-refractivity contribution in [1.82, 2.24) is 15.5 Å². The molecule has 1 N–H and O–H groups in total. The van der Waals surface area contributed by atoms with E-state index in [1.54, 1.807) is 0 Å². The lowest BCUT2D eigenvalue weighted by atomic mass is 10.1. The molecule has 1 heterocycles. The Hall–Kier alpha value is -1.39. The average Bonchev–Trinajstić information content (AvgIpc) is 2.81. The lowest BCUT2D eigenvalue weighted by Crippen LogP contribution is -2.22. The van der Waals surface area contributed by atoms with Gasteiger partial charge in [0.15, 0.2) is 0 Å². The molecule has 5 nitrogen and oxygen atoms in total. The summed E-state index contributed by atoms with van der Waals surface area (Å²) in [6.07, 6.45) is 3.78. The van der Waals surface area contributed by atoms with Crippen LogP contribution in [-0.4, -0.2) is 16.1 Å². The Balaban J connectivity index is 2.18. The van der Waals surface area contributed by atoms with Gasteiger partial charge in [-0.05, 0) is 12.3 Å². The van der Waals surface area contributed by atoms with E-state index in [1.165, 1.54) is 6.42 Å². The van der Waals surface area contributed by atoms with Gasteiger partial charge >= 0.3 is 0 Å². The first kappa shape index (κ1) is 15.7. The van der Waals surface area contributed by atoms with E-state index in [0.29, 0.717) is 30.7 Å². The van der Waals surface area contributed by atoms with Crippen molar-refractivity contribution in [3.05, 3.63) is 11.8 Å². The Morgan fingerprint density at radius 1 is 1.21 bits per heavy atom. The quantitative estimate of drug-likeness (QED) is 0.735. The van der Waals surface area contributed by atoms with Crippen molar-refractivity contribution in [2.24, 2.45) is 5.92 Å². The highest BCUT2D eigenvalue weighted by Crippen LogP contribution is 2.12. The minimum atomic E-state index is 0.0491. The Bertz CT molecular complexity index is 386. The monoisotopic (exact) mass is 267 g/mol. The van der Waals surface area contributed by atoms with Gasteiger partial charge in [-0.15, -0.1) is 10.2 Å². The second-order valence-corrected chi connectivity index (χ2v) is 5.61. The van der Waals surface area contributed by atoms with Crippen LogP contribution in [-0.2, 0) is 11.3 Å². The standard InChI is InChI=1S/C14H25N3O2/c1-10(2)7-5-6-8-12(18)15-9-13-16-17-14(19-13)11(3)4/h10-11H,5-9H2,1-4H3,(H,15,18). The molecule has 108 valence electrons. The fourth-order valence-electron chi connectivity index (χ4n) is 1.67. The highest BCUT2D eigenvalue weighted by Gasteiger charge is 2.10. The number of carbonyl (C=O) groups excluding carboxylic acids is 1. The SMILES string of the molecule is CC(C)CCCCC(=O)NCc1nnc(C(C)C)o1. The number of rotatable bonds is 8. The molecule has 5 heteroatoms. The van der Waals surface area contributed by atoms with Crippen LogP contribution in [0, 0.1) is 5.92 Å². The third-order valence-corrected chi connectivity index (χ3v) is 2.85. The molecule has 1 aromatic heterocycles. The van der Waals surface area contributed by atoms with Crippen LogP contribution in [0.3, 0.4) is 0 Å². The summed E-state index contributed by atoms with van der Waals surface area (Å²) in [5.41, 5.74) is 0. The predicted molar refractivity (Wildman–Crippen MR) is 73.5 cm³/mol. The van der Waals surface area contributed by atoms with Crippen LogP contribution in [0.2, 0.25) is 0 Å². The highest BCUT2D eigenvalue weighted by molar-refractivity contribution is 5.75. The zero-order chi connectivity index (χ0) is 14.3. The van der Waals surface area contributed by atoms with Crippen molar-refractivity contribution in [2.75, 3.05) is 0 Å². The van der Waals surface area contributed by atoms with Crippen molar-refractivity contribution in [3.8, 4) is 0 Å². The first-order valence-corrected chi connectivity index (χ1v) is 7.08. The van der Waals surface area contributed by atoms with E-state index in [2.05, 4.69) is 29.4 Å². The van der Waals surface area contributed by atoms with Gasteiger partial charge in [-0.2, -0.15) is 0 Å². The second-order valence-electron chi connectivity index (χ2n) is 5.61. The van der Waals surface area contributed by atoms with E-state index in [0.717, 1.165) is 12.8 Å². The summed E-state index contributed by atoms with van der Waals surface area (Å²) in [5.74, 6) is 2.05. The molecule has 1 aromatic rings. The fraction of sp³-hybridized carbons (Fsp3) is 0.786. The van der Waals surface area contributed by atoms with Gasteiger partial charge in [0.1, 0.15) is 0 Å². The smallest absolute Gasteiger partial charge is 0.235 e. The largest absolute Gasteiger partial charge is 0.423 e. The molecule has 0 atom stereocenters. The fourth-order valence-corrected chi connectivity index (χ4v) is 1.67. The average molecular weight is 267 g/mol. The summed E-state index contributed by atoms with van der Waals surface area (Å²) in [6, 6.07) is 0. The molecule has 0 aliphatic heterocycles. The number of carbonyl (C=O) groups is 1. The third-order valence-electron chi connectivity index (χ3n) is 2.85. The Labute approximate surface area is 115 Å². The zero-order valence-electron chi connectivity index (χ0n) is 12.4. The van der Waals surface area contributed by atoms with E-state index >= 15 is 0 Å². The minimum Gasteiger partial charge on any atom is -0.423 e. The van der Waals surface area contributed by atoms with E-state index in [4.69, 9.17) is 4.42 Å². The van der Waals surface area contributed by atoms with E-state index in [9.17, 15) is 4.79 Å². The number of nitrogens with one attached hydrogen (secondary N) is 1. The molecule has 0 radical (unpaired) electrons. The van der Waals surface area contributed by atoms with Gasteiger partial charge in [-0.3, -0.25) is 4.79 Å². The van der Waals surface area contributed by atoms with Crippen LogP contribution >= 0.6 is 0 Å². The maximum atomic E-state index is 11.6. The first-order chi connectivity index (χ1) is 8.99. The Kier molecular flexibility index (Phi) is 6.53. The first-order valence-electron chi connectivity index (χ1n) is 7.08. The molecule has 1 amide bonds. The molecular weight excluding hydrogens is 242 g/mol. The van der Waals surface area contributed by atoms with Crippen molar-refractivity contribution < 1.29 is 9.21 Å². The number of hydrogen-bond donors (Lipinski definition) is 1. The molecule has 1 rings (SSSR count). The van der Waals surface area contributed by atoms with Crippen molar-refractivity contribution >= 4 is 5.91 Å². The molecule has 0 saturated carbocycles. The molecular formula is C14H25N3O2. The summed E-state index contributed by atoms with van der Waals surface area (Å²) in [7, 11) is 0. The number of amides is 1. The molecule has 0 saturated heterocycles. The van der Waals surface area contributed by atoms with Gasteiger partial charge in [-0.25, -0.2) is 0 Å². The van der Waals surface area contributed by atoms with Gasteiger partial charge in [0, 0.05) is 12.3 Å². The number of aromatic nitrogens is 2. The van der Waals surface area contributed by atoms with Crippen LogP contribution in [0.4, 0.5) is 0 Å². The second kappa shape index (κ2) is 7.92. The molecule has 0 fully saturated rings. The number of nitrogens with zero attached hydrogens (tertiary/aromatic N) is 2. The van der Waals surface area contributed by atoms with Crippen molar-refractivity contribution in [3.63, 3.8) is 0 Å². The molecule has 0 bridgehead atoms. The molecule has 0 unspecified atom stereocenters. The van der Waals surface area contributed by atoms with Crippen LogP contribution in [0.5, 0.6) is 0 Å². The molecule has 0 spiro atoms. The van der Waals surface area contributed by atoms with E-state index < -0.39 is 0 Å². The lowest BCUT2D eigenvalue weighted by Gasteiger charge is -2.04. The van der Waals surface area contributed by atoms with Gasteiger partial charge in [0.05, 0.1) is 6.54 Å². The van der Waals surface area contributed by atoms with E-state index in [1.807, 2.05) is 13.8 Å². The van der Waals surface area contributed by atoms with Crippen LogP contribution < -0.4 is 5.32 Å². The Morgan fingerprint density at radius 2 is 1.95 bits per heavy atom. The highest BCUT2D eigenvalue weighted by atomic mass is 16.4. The summed E-state index contributed by atoms with van der Waals surface area (Å²) >= 11 is 0. The lowest BCUT2D eigenvalue weighted by molar-refractivity contribution is -0.121. The summed E-state index contributed by atoms with van der Waals surface area (Å²) in [4.78, 5) is 11.6. The molecule has 0 aliphatic rings. The Morgan fingerprint density at radius 3 is 2.53 bits per heavy atom. The van der Waals surface area contributed by atoms with Crippen LogP contribution in [0.15, 0.2) is 4.42 Å². The van der Waals surface area contributed by atoms with Crippen LogP contribution in [0.1, 0.15) is 71.1 Å². The molecule has 0 aliphatic carbocycles. The van der Waals surface area contributed by atoms with Crippen molar-refractivity contribution in [2.45, 2.75) is 65.8 Å². The van der Waals surface area contributed by atoms with Gasteiger partial charge < -0.3 is 9.73 Å². The topological polar surface area (TPSA) is 68.0 Å². The number of hydrogen-bond acceptors (Lipinski definition) is 4. The zero-order valence-corrected chi connectivity index (χ0v) is 12.4. The molecule has 19 heavy (non-hydrogen) atoms. The third kappa shape index (κ3) is 6.36.